The number of aromatic hydroxyl groups is 1. The number of esters is 1. The van der Waals surface area contributed by atoms with E-state index in [4.69, 9.17) is 14.2 Å². The highest BCUT2D eigenvalue weighted by Crippen LogP contribution is 2.31. The molecule has 0 aliphatic carbocycles. The maximum absolute atomic E-state index is 13.1. The number of aromatic nitrogens is 1. The van der Waals surface area contributed by atoms with E-state index < -0.39 is 24.0 Å². The zero-order valence-electron chi connectivity index (χ0n) is 20.9. The number of ether oxygens (including phenoxy) is 3. The minimum absolute atomic E-state index is 0.129. The first kappa shape index (κ1) is 26.3. The van der Waals surface area contributed by atoms with Crippen molar-refractivity contribution in [2.24, 2.45) is 11.8 Å². The highest BCUT2D eigenvalue weighted by Gasteiger charge is 2.36. The van der Waals surface area contributed by atoms with E-state index in [2.05, 4.69) is 24.1 Å². The van der Waals surface area contributed by atoms with Crippen LogP contribution in [0.1, 0.15) is 63.4 Å². The quantitative estimate of drug-likeness (QED) is 0.531. The number of methoxy groups -OCH3 is 1. The SMILES string of the molecule is COc1ccnc(C(=O)N[C@H]2CCC[C@H](CCC(C)C)[C@@H](Oc3ccccc3)[C@H](C)OC2=O)c1O. The number of cyclic esters (lactones) is 1. The molecule has 2 aromatic rings. The van der Waals surface area contributed by atoms with Gasteiger partial charge in [-0.25, -0.2) is 9.78 Å². The van der Waals surface area contributed by atoms with Crippen LogP contribution in [0.15, 0.2) is 42.6 Å². The Morgan fingerprint density at radius 1 is 1.23 bits per heavy atom. The molecule has 0 spiro atoms. The minimum Gasteiger partial charge on any atom is -0.503 e. The van der Waals surface area contributed by atoms with Crippen LogP contribution in [0.2, 0.25) is 0 Å². The van der Waals surface area contributed by atoms with E-state index in [1.54, 1.807) is 0 Å². The molecule has 1 aliphatic rings. The molecule has 0 radical (unpaired) electrons. The third-order valence-corrected chi connectivity index (χ3v) is 6.34. The predicted molar refractivity (Wildman–Crippen MR) is 132 cm³/mol. The average molecular weight is 485 g/mol. The fourth-order valence-corrected chi connectivity index (χ4v) is 4.41. The third-order valence-electron chi connectivity index (χ3n) is 6.34. The molecule has 0 unspecified atom stereocenters. The number of pyridine rings is 1. The van der Waals surface area contributed by atoms with E-state index in [-0.39, 0.29) is 29.2 Å². The molecular weight excluding hydrogens is 448 g/mol. The molecule has 1 aromatic carbocycles. The summed E-state index contributed by atoms with van der Waals surface area (Å²) >= 11 is 0. The molecule has 2 N–H and O–H groups in total. The molecule has 1 aliphatic heterocycles. The Kier molecular flexibility index (Phi) is 9.34. The largest absolute Gasteiger partial charge is 0.503 e. The summed E-state index contributed by atoms with van der Waals surface area (Å²) in [7, 11) is 1.39. The lowest BCUT2D eigenvalue weighted by atomic mass is 9.86. The number of hydrogen-bond donors (Lipinski definition) is 2. The van der Waals surface area contributed by atoms with E-state index in [0.717, 1.165) is 25.0 Å². The number of hydrogen-bond acceptors (Lipinski definition) is 7. The molecule has 2 heterocycles. The molecule has 1 aromatic heterocycles. The van der Waals surface area contributed by atoms with Gasteiger partial charge in [0.2, 0.25) is 0 Å². The topological polar surface area (TPSA) is 107 Å². The molecular formula is C27H36N2O6. The van der Waals surface area contributed by atoms with Gasteiger partial charge in [-0.15, -0.1) is 0 Å². The van der Waals surface area contributed by atoms with Crippen LogP contribution in [0.3, 0.4) is 0 Å². The van der Waals surface area contributed by atoms with Gasteiger partial charge in [0.05, 0.1) is 7.11 Å². The zero-order valence-corrected chi connectivity index (χ0v) is 20.9. The van der Waals surface area contributed by atoms with E-state index in [1.165, 1.54) is 19.4 Å². The highest BCUT2D eigenvalue weighted by molar-refractivity contribution is 5.97. The number of nitrogens with zero attached hydrogens (tertiary/aromatic N) is 1. The first-order valence-corrected chi connectivity index (χ1v) is 12.2. The summed E-state index contributed by atoms with van der Waals surface area (Å²) < 4.78 is 17.2. The Balaban J connectivity index is 1.78. The molecule has 0 bridgehead atoms. The Bertz CT molecular complexity index is 981. The number of carbonyl (C=O) groups is 2. The van der Waals surface area contributed by atoms with E-state index in [0.29, 0.717) is 18.8 Å². The maximum Gasteiger partial charge on any atom is 0.329 e. The molecule has 8 nitrogen and oxygen atoms in total. The second-order valence-electron chi connectivity index (χ2n) is 9.44. The minimum atomic E-state index is -0.862. The summed E-state index contributed by atoms with van der Waals surface area (Å²) in [5.74, 6) is 0.0423. The van der Waals surface area contributed by atoms with Gasteiger partial charge in [0.1, 0.15) is 24.0 Å². The first-order valence-electron chi connectivity index (χ1n) is 12.2. The lowest BCUT2D eigenvalue weighted by Crippen LogP contribution is -2.45. The van der Waals surface area contributed by atoms with Crippen molar-refractivity contribution in [3.63, 3.8) is 0 Å². The summed E-state index contributed by atoms with van der Waals surface area (Å²) in [5, 5.41) is 13.0. The molecule has 8 heteroatoms. The lowest BCUT2D eigenvalue weighted by molar-refractivity contribution is -0.156. The summed E-state index contributed by atoms with van der Waals surface area (Å²) in [6.07, 6.45) is 4.50. The number of para-hydroxylation sites is 1. The van der Waals surface area contributed by atoms with E-state index >= 15 is 0 Å². The van der Waals surface area contributed by atoms with E-state index in [1.807, 2.05) is 37.3 Å². The van der Waals surface area contributed by atoms with Gasteiger partial charge in [-0.05, 0) is 50.2 Å². The molecule has 1 saturated heterocycles. The first-order chi connectivity index (χ1) is 16.8. The monoisotopic (exact) mass is 484 g/mol. The number of amides is 1. The second-order valence-corrected chi connectivity index (χ2v) is 9.44. The van der Waals surface area contributed by atoms with Gasteiger partial charge in [-0.1, -0.05) is 44.9 Å². The van der Waals surface area contributed by atoms with Crippen LogP contribution < -0.4 is 14.8 Å². The van der Waals surface area contributed by atoms with Crippen LogP contribution in [0.5, 0.6) is 17.2 Å². The van der Waals surface area contributed by atoms with Gasteiger partial charge < -0.3 is 24.6 Å². The maximum atomic E-state index is 13.1. The van der Waals surface area contributed by atoms with Gasteiger partial charge in [0.15, 0.2) is 17.2 Å². The summed E-state index contributed by atoms with van der Waals surface area (Å²) in [4.78, 5) is 29.9. The number of rotatable bonds is 8. The van der Waals surface area contributed by atoms with Crippen LogP contribution in [0.4, 0.5) is 0 Å². The summed E-state index contributed by atoms with van der Waals surface area (Å²) in [6, 6.07) is 10.1. The van der Waals surface area contributed by atoms with Crippen LogP contribution >= 0.6 is 0 Å². The van der Waals surface area contributed by atoms with Crippen molar-refractivity contribution >= 4 is 11.9 Å². The van der Waals surface area contributed by atoms with Gasteiger partial charge in [0, 0.05) is 12.3 Å². The predicted octanol–water partition coefficient (Wildman–Crippen LogP) is 4.51. The Hall–Kier alpha value is -3.29. The van der Waals surface area contributed by atoms with Crippen molar-refractivity contribution in [2.75, 3.05) is 7.11 Å². The van der Waals surface area contributed by atoms with E-state index in [9.17, 15) is 14.7 Å². The number of nitrogens with one attached hydrogen (secondary N) is 1. The molecule has 4 atom stereocenters. The Morgan fingerprint density at radius 3 is 2.66 bits per heavy atom. The van der Waals surface area contributed by atoms with Gasteiger partial charge in [-0.2, -0.15) is 0 Å². The van der Waals surface area contributed by atoms with Crippen LogP contribution in [-0.2, 0) is 9.53 Å². The average Bonchev–Trinajstić information content (AvgIpc) is 2.88. The smallest absolute Gasteiger partial charge is 0.329 e. The van der Waals surface area contributed by atoms with Gasteiger partial charge in [0.25, 0.3) is 5.91 Å². The number of carbonyl (C=O) groups excluding carboxylic acids is 2. The van der Waals surface area contributed by atoms with Crippen LogP contribution in [0.25, 0.3) is 0 Å². The fraction of sp³-hybridized carbons (Fsp3) is 0.519. The van der Waals surface area contributed by atoms with Crippen molar-refractivity contribution in [3.05, 3.63) is 48.3 Å². The molecule has 0 saturated carbocycles. The zero-order chi connectivity index (χ0) is 25.4. The van der Waals surface area contributed by atoms with Crippen LogP contribution in [-0.4, -0.2) is 47.3 Å². The third kappa shape index (κ3) is 7.10. The molecule has 35 heavy (non-hydrogen) atoms. The van der Waals surface area contributed by atoms with Crippen molar-refractivity contribution < 1.29 is 28.9 Å². The molecule has 190 valence electrons. The summed E-state index contributed by atoms with van der Waals surface area (Å²) in [5.41, 5.74) is -0.204. The van der Waals surface area contributed by atoms with Crippen LogP contribution in [0, 0.1) is 11.8 Å². The van der Waals surface area contributed by atoms with Crippen molar-refractivity contribution in [2.45, 2.75) is 71.1 Å². The van der Waals surface area contributed by atoms with Gasteiger partial charge in [-0.3, -0.25) is 4.79 Å². The summed E-state index contributed by atoms with van der Waals surface area (Å²) in [6.45, 7) is 6.23. The standard InChI is InChI=1S/C27H36N2O6/c1-17(2)13-14-19-9-8-12-21(29-26(31)23-24(30)22(33-4)15-16-28-23)27(32)34-18(3)25(19)35-20-10-6-5-7-11-20/h5-7,10-11,15-19,21,25,30H,8-9,12-14H2,1-4H3,(H,29,31)/t18-,19+,21-,25-/m0/s1. The molecule has 1 amide bonds. The normalized spacial score (nSPS) is 22.9. The number of benzene rings is 1. The Morgan fingerprint density at radius 2 is 1.97 bits per heavy atom. The van der Waals surface area contributed by atoms with Crippen molar-refractivity contribution in [1.29, 1.82) is 0 Å². The van der Waals surface area contributed by atoms with Crippen molar-refractivity contribution in [3.8, 4) is 17.2 Å². The highest BCUT2D eigenvalue weighted by atomic mass is 16.6. The molecule has 1 fully saturated rings. The second kappa shape index (κ2) is 12.4. The van der Waals surface area contributed by atoms with Crippen molar-refractivity contribution in [1.82, 2.24) is 10.3 Å². The van der Waals surface area contributed by atoms with Gasteiger partial charge >= 0.3 is 5.97 Å². The molecule has 3 rings (SSSR count). The lowest BCUT2D eigenvalue weighted by Gasteiger charge is -2.32. The fourth-order valence-electron chi connectivity index (χ4n) is 4.41. The Labute approximate surface area is 207 Å².